The van der Waals surface area contributed by atoms with Crippen LogP contribution >= 0.6 is 15.9 Å². The third-order valence-electron chi connectivity index (χ3n) is 2.80. The average molecular weight is 268 g/mol. The van der Waals surface area contributed by atoms with Crippen LogP contribution in [0.2, 0.25) is 0 Å². The van der Waals surface area contributed by atoms with E-state index in [1.54, 1.807) is 0 Å². The van der Waals surface area contributed by atoms with E-state index in [4.69, 9.17) is 0 Å². The lowest BCUT2D eigenvalue weighted by atomic mass is 9.87. The highest BCUT2D eigenvalue weighted by Gasteiger charge is 2.24. The van der Waals surface area contributed by atoms with Crippen molar-refractivity contribution in [3.05, 3.63) is 28.2 Å². The molecule has 1 heterocycles. The van der Waals surface area contributed by atoms with Crippen LogP contribution in [0.4, 0.5) is 5.69 Å². The Hall–Kier alpha value is -0.830. The van der Waals surface area contributed by atoms with Crippen molar-refractivity contribution in [3.63, 3.8) is 0 Å². The summed E-state index contributed by atoms with van der Waals surface area (Å²) in [4.78, 5) is 11.5. The van der Waals surface area contributed by atoms with Gasteiger partial charge in [0.25, 0.3) is 0 Å². The Labute approximate surface area is 98.2 Å². The lowest BCUT2D eigenvalue weighted by Crippen LogP contribution is -2.22. The fourth-order valence-electron chi connectivity index (χ4n) is 2.13. The molecule has 0 aromatic heterocycles. The van der Waals surface area contributed by atoms with Gasteiger partial charge < -0.3 is 5.32 Å². The molecule has 1 aliphatic rings. The zero-order valence-electron chi connectivity index (χ0n) is 8.72. The van der Waals surface area contributed by atoms with Gasteiger partial charge in [-0.1, -0.05) is 35.3 Å². The first-order valence-corrected chi connectivity index (χ1v) is 6.09. The SMILES string of the molecule is CCCC1CC(=O)Nc2cc(Br)ccc21. The molecule has 2 rings (SSSR count). The number of carbonyl (C=O) groups is 1. The summed E-state index contributed by atoms with van der Waals surface area (Å²) < 4.78 is 1.01. The van der Waals surface area contributed by atoms with Crippen LogP contribution < -0.4 is 5.32 Å². The highest BCUT2D eigenvalue weighted by molar-refractivity contribution is 9.10. The second-order valence-electron chi connectivity index (χ2n) is 3.97. The maximum absolute atomic E-state index is 11.5. The summed E-state index contributed by atoms with van der Waals surface area (Å²) in [6.45, 7) is 2.16. The smallest absolute Gasteiger partial charge is 0.224 e. The Balaban J connectivity index is 2.37. The molecular weight excluding hydrogens is 254 g/mol. The fraction of sp³-hybridized carbons (Fsp3) is 0.417. The van der Waals surface area contributed by atoms with E-state index >= 15 is 0 Å². The maximum atomic E-state index is 11.5. The molecule has 1 aliphatic heterocycles. The van der Waals surface area contributed by atoms with E-state index in [0.29, 0.717) is 12.3 Å². The monoisotopic (exact) mass is 267 g/mol. The minimum atomic E-state index is 0.138. The van der Waals surface area contributed by atoms with E-state index < -0.39 is 0 Å². The molecule has 0 spiro atoms. The van der Waals surface area contributed by atoms with Crippen LogP contribution in [-0.4, -0.2) is 5.91 Å². The standard InChI is InChI=1S/C12H14BrNO/c1-2-3-8-6-12(15)14-11-7-9(13)4-5-10(8)11/h4-5,7-8H,2-3,6H2,1H3,(H,14,15). The summed E-state index contributed by atoms with van der Waals surface area (Å²) in [5.41, 5.74) is 2.25. The van der Waals surface area contributed by atoms with Crippen LogP contribution in [0.3, 0.4) is 0 Å². The first-order chi connectivity index (χ1) is 7.20. The zero-order chi connectivity index (χ0) is 10.8. The zero-order valence-corrected chi connectivity index (χ0v) is 10.3. The van der Waals surface area contributed by atoms with Gasteiger partial charge in [0.05, 0.1) is 0 Å². The number of amides is 1. The summed E-state index contributed by atoms with van der Waals surface area (Å²) in [7, 11) is 0. The fourth-order valence-corrected chi connectivity index (χ4v) is 2.49. The molecule has 0 saturated heterocycles. The predicted molar refractivity (Wildman–Crippen MR) is 65.0 cm³/mol. The molecular formula is C12H14BrNO. The second-order valence-corrected chi connectivity index (χ2v) is 4.89. The van der Waals surface area contributed by atoms with Crippen molar-refractivity contribution < 1.29 is 4.79 Å². The van der Waals surface area contributed by atoms with Crippen molar-refractivity contribution in [2.24, 2.45) is 0 Å². The van der Waals surface area contributed by atoms with Gasteiger partial charge in [-0.2, -0.15) is 0 Å². The van der Waals surface area contributed by atoms with Crippen molar-refractivity contribution in [3.8, 4) is 0 Å². The summed E-state index contributed by atoms with van der Waals surface area (Å²) >= 11 is 3.42. The van der Waals surface area contributed by atoms with Crippen LogP contribution in [0.1, 0.15) is 37.7 Å². The maximum Gasteiger partial charge on any atom is 0.224 e. The number of rotatable bonds is 2. The number of anilines is 1. The molecule has 1 aromatic carbocycles. The number of carbonyl (C=O) groups excluding carboxylic acids is 1. The number of halogens is 1. The van der Waals surface area contributed by atoms with Gasteiger partial charge in [0.1, 0.15) is 0 Å². The van der Waals surface area contributed by atoms with Gasteiger partial charge in [-0.25, -0.2) is 0 Å². The molecule has 0 radical (unpaired) electrons. The Kier molecular flexibility index (Phi) is 3.10. The minimum Gasteiger partial charge on any atom is -0.326 e. The van der Waals surface area contributed by atoms with E-state index in [9.17, 15) is 4.79 Å². The normalized spacial score (nSPS) is 19.6. The van der Waals surface area contributed by atoms with Crippen LogP contribution in [0.25, 0.3) is 0 Å². The first-order valence-electron chi connectivity index (χ1n) is 5.30. The summed E-state index contributed by atoms with van der Waals surface area (Å²) in [6, 6.07) is 6.13. The molecule has 2 nitrogen and oxygen atoms in total. The Morgan fingerprint density at radius 2 is 2.33 bits per heavy atom. The Morgan fingerprint density at radius 3 is 3.07 bits per heavy atom. The highest BCUT2D eigenvalue weighted by atomic mass is 79.9. The summed E-state index contributed by atoms with van der Waals surface area (Å²) in [6.07, 6.45) is 2.83. The molecule has 0 aliphatic carbocycles. The van der Waals surface area contributed by atoms with Gasteiger partial charge in [0.15, 0.2) is 0 Å². The third-order valence-corrected chi connectivity index (χ3v) is 3.29. The first kappa shape index (κ1) is 10.7. The van der Waals surface area contributed by atoms with Gasteiger partial charge in [-0.05, 0) is 30.0 Å². The number of fused-ring (bicyclic) bond motifs is 1. The molecule has 1 unspecified atom stereocenters. The van der Waals surface area contributed by atoms with Crippen LogP contribution in [0, 0.1) is 0 Å². The van der Waals surface area contributed by atoms with Crippen LogP contribution in [-0.2, 0) is 4.79 Å². The van der Waals surface area contributed by atoms with E-state index in [0.717, 1.165) is 23.0 Å². The van der Waals surface area contributed by atoms with E-state index in [-0.39, 0.29) is 5.91 Å². The topological polar surface area (TPSA) is 29.1 Å². The van der Waals surface area contributed by atoms with Crippen molar-refractivity contribution in [2.75, 3.05) is 5.32 Å². The minimum absolute atomic E-state index is 0.138. The summed E-state index contributed by atoms with van der Waals surface area (Å²) in [5.74, 6) is 0.533. The largest absolute Gasteiger partial charge is 0.326 e. The van der Waals surface area contributed by atoms with E-state index in [2.05, 4.69) is 34.2 Å². The lowest BCUT2D eigenvalue weighted by molar-refractivity contribution is -0.116. The Morgan fingerprint density at radius 1 is 1.53 bits per heavy atom. The van der Waals surface area contributed by atoms with Crippen molar-refractivity contribution in [1.82, 2.24) is 0 Å². The van der Waals surface area contributed by atoms with E-state index in [1.807, 2.05) is 12.1 Å². The lowest BCUT2D eigenvalue weighted by Gasteiger charge is -2.25. The molecule has 1 N–H and O–H groups in total. The van der Waals surface area contributed by atoms with Crippen molar-refractivity contribution >= 4 is 27.5 Å². The number of nitrogens with one attached hydrogen (secondary N) is 1. The molecule has 1 amide bonds. The molecule has 3 heteroatoms. The van der Waals surface area contributed by atoms with Gasteiger partial charge in [0.2, 0.25) is 5.91 Å². The molecule has 1 aromatic rings. The molecule has 0 fully saturated rings. The highest BCUT2D eigenvalue weighted by Crippen LogP contribution is 2.36. The Bertz CT molecular complexity index is 389. The van der Waals surface area contributed by atoms with Gasteiger partial charge in [0, 0.05) is 16.6 Å². The van der Waals surface area contributed by atoms with Crippen molar-refractivity contribution in [2.45, 2.75) is 32.1 Å². The van der Waals surface area contributed by atoms with Gasteiger partial charge >= 0.3 is 0 Å². The molecule has 1 atom stereocenters. The van der Waals surface area contributed by atoms with Crippen molar-refractivity contribution in [1.29, 1.82) is 0 Å². The average Bonchev–Trinajstić information content (AvgIpc) is 2.17. The van der Waals surface area contributed by atoms with Crippen LogP contribution in [0.5, 0.6) is 0 Å². The van der Waals surface area contributed by atoms with Gasteiger partial charge in [-0.3, -0.25) is 4.79 Å². The molecule has 80 valence electrons. The third kappa shape index (κ3) is 2.23. The number of hydrogen-bond acceptors (Lipinski definition) is 1. The molecule has 15 heavy (non-hydrogen) atoms. The summed E-state index contributed by atoms with van der Waals surface area (Å²) in [5, 5.41) is 2.92. The quantitative estimate of drug-likeness (QED) is 0.871. The van der Waals surface area contributed by atoms with Gasteiger partial charge in [-0.15, -0.1) is 0 Å². The molecule has 0 saturated carbocycles. The second kappa shape index (κ2) is 4.35. The number of benzene rings is 1. The predicted octanol–water partition coefficient (Wildman–Crippen LogP) is 3.68. The van der Waals surface area contributed by atoms with Crippen LogP contribution in [0.15, 0.2) is 22.7 Å². The molecule has 0 bridgehead atoms. The van der Waals surface area contributed by atoms with E-state index in [1.165, 1.54) is 5.56 Å². The number of hydrogen-bond donors (Lipinski definition) is 1.